The zero-order valence-electron chi connectivity index (χ0n) is 14.3. The van der Waals surface area contributed by atoms with Crippen LogP contribution >= 0.6 is 0 Å². The Morgan fingerprint density at radius 1 is 1.20 bits per heavy atom. The number of amides is 2. The van der Waals surface area contributed by atoms with Crippen molar-refractivity contribution in [2.75, 3.05) is 36.4 Å². The number of nitriles is 1. The number of piperazine rings is 1. The Kier molecular flexibility index (Phi) is 5.14. The van der Waals surface area contributed by atoms with E-state index in [0.717, 1.165) is 19.5 Å². The molecule has 0 unspecified atom stereocenters. The molecule has 6 heteroatoms. The first kappa shape index (κ1) is 16.8. The van der Waals surface area contributed by atoms with Crippen LogP contribution in [0.5, 0.6) is 0 Å². The molecule has 2 aromatic rings. The number of rotatable bonds is 3. The molecule has 25 heavy (non-hydrogen) atoms. The summed E-state index contributed by atoms with van der Waals surface area (Å²) in [6, 6.07) is 13.6. The van der Waals surface area contributed by atoms with Gasteiger partial charge in [0.1, 0.15) is 11.8 Å². The van der Waals surface area contributed by atoms with Gasteiger partial charge in [-0.1, -0.05) is 25.1 Å². The van der Waals surface area contributed by atoms with E-state index in [1.54, 1.807) is 12.1 Å². The summed E-state index contributed by atoms with van der Waals surface area (Å²) in [6.45, 7) is 5.14. The summed E-state index contributed by atoms with van der Waals surface area (Å²) in [5, 5.41) is 11.6. The number of nitrogens with zero attached hydrogens (tertiary/aromatic N) is 4. The summed E-state index contributed by atoms with van der Waals surface area (Å²) >= 11 is 0. The minimum atomic E-state index is -0.130. The van der Waals surface area contributed by atoms with E-state index in [0.29, 0.717) is 24.5 Å². The number of carbonyl (C=O) groups is 1. The van der Waals surface area contributed by atoms with Crippen molar-refractivity contribution in [2.24, 2.45) is 0 Å². The molecule has 0 atom stereocenters. The van der Waals surface area contributed by atoms with Gasteiger partial charge in [-0.15, -0.1) is 0 Å². The molecule has 1 aliphatic heterocycles. The second-order valence-corrected chi connectivity index (χ2v) is 5.93. The van der Waals surface area contributed by atoms with Gasteiger partial charge in [-0.05, 0) is 30.2 Å². The molecule has 0 radical (unpaired) electrons. The molecule has 1 aromatic carbocycles. The topological polar surface area (TPSA) is 72.3 Å². The van der Waals surface area contributed by atoms with Crippen molar-refractivity contribution in [1.82, 2.24) is 9.88 Å². The lowest BCUT2D eigenvalue weighted by Crippen LogP contribution is -2.50. The van der Waals surface area contributed by atoms with Gasteiger partial charge in [0, 0.05) is 31.9 Å². The Morgan fingerprint density at radius 3 is 2.60 bits per heavy atom. The molecule has 0 bridgehead atoms. The summed E-state index contributed by atoms with van der Waals surface area (Å²) in [4.78, 5) is 20.5. The standard InChI is InChI=1S/C19H21N5O/c1-2-15-5-3-4-6-18(15)23-9-11-24(12-10-23)19(25)22-17-8-7-16(13-20)21-14-17/h3-8,14H,2,9-12H2,1H3,(H,22,25). The van der Waals surface area contributed by atoms with Gasteiger partial charge in [-0.2, -0.15) is 5.26 Å². The van der Waals surface area contributed by atoms with Gasteiger partial charge in [0.15, 0.2) is 0 Å². The second kappa shape index (κ2) is 7.67. The molecule has 1 aliphatic rings. The number of hydrogen-bond acceptors (Lipinski definition) is 4. The summed E-state index contributed by atoms with van der Waals surface area (Å²) in [5.41, 5.74) is 3.54. The lowest BCUT2D eigenvalue weighted by molar-refractivity contribution is 0.208. The van der Waals surface area contributed by atoms with E-state index in [2.05, 4.69) is 46.4 Å². The first-order chi connectivity index (χ1) is 12.2. The summed E-state index contributed by atoms with van der Waals surface area (Å²) in [5.74, 6) is 0. The second-order valence-electron chi connectivity index (χ2n) is 5.93. The van der Waals surface area contributed by atoms with E-state index in [-0.39, 0.29) is 6.03 Å². The smallest absolute Gasteiger partial charge is 0.322 e. The number of hydrogen-bond donors (Lipinski definition) is 1. The van der Waals surface area contributed by atoms with Gasteiger partial charge < -0.3 is 15.1 Å². The molecular weight excluding hydrogens is 314 g/mol. The van der Waals surface area contributed by atoms with Crippen LogP contribution in [-0.4, -0.2) is 42.1 Å². The summed E-state index contributed by atoms with van der Waals surface area (Å²) < 4.78 is 0. The van der Waals surface area contributed by atoms with Gasteiger partial charge in [-0.25, -0.2) is 9.78 Å². The van der Waals surface area contributed by atoms with Crippen molar-refractivity contribution >= 4 is 17.4 Å². The average molecular weight is 335 g/mol. The van der Waals surface area contributed by atoms with Crippen LogP contribution in [-0.2, 0) is 6.42 Å². The number of urea groups is 1. The van der Waals surface area contributed by atoms with Crippen molar-refractivity contribution in [2.45, 2.75) is 13.3 Å². The Labute approximate surface area is 147 Å². The highest BCUT2D eigenvalue weighted by molar-refractivity contribution is 5.89. The third-order valence-corrected chi connectivity index (χ3v) is 4.41. The van der Waals surface area contributed by atoms with Crippen LogP contribution < -0.4 is 10.2 Å². The molecule has 0 aliphatic carbocycles. The highest BCUT2D eigenvalue weighted by Gasteiger charge is 2.22. The van der Waals surface area contributed by atoms with Crippen molar-refractivity contribution in [3.05, 3.63) is 53.9 Å². The van der Waals surface area contributed by atoms with Gasteiger partial charge in [0.2, 0.25) is 0 Å². The molecule has 0 saturated carbocycles. The molecule has 6 nitrogen and oxygen atoms in total. The normalized spacial score (nSPS) is 14.1. The number of carbonyl (C=O) groups excluding carboxylic acids is 1. The third kappa shape index (κ3) is 3.89. The van der Waals surface area contributed by atoms with Crippen LogP contribution in [0.2, 0.25) is 0 Å². The third-order valence-electron chi connectivity index (χ3n) is 4.41. The fraction of sp³-hybridized carbons (Fsp3) is 0.316. The highest BCUT2D eigenvalue weighted by atomic mass is 16.2. The summed E-state index contributed by atoms with van der Waals surface area (Å²) in [6.07, 6.45) is 2.51. The van der Waals surface area contributed by atoms with Gasteiger partial charge in [0.05, 0.1) is 11.9 Å². The first-order valence-corrected chi connectivity index (χ1v) is 8.46. The molecule has 128 valence electrons. The van der Waals surface area contributed by atoms with E-state index in [4.69, 9.17) is 5.26 Å². The van der Waals surface area contributed by atoms with Gasteiger partial charge in [0.25, 0.3) is 0 Å². The van der Waals surface area contributed by atoms with E-state index >= 15 is 0 Å². The maximum atomic E-state index is 12.4. The van der Waals surface area contributed by atoms with Crippen LogP contribution in [0.3, 0.4) is 0 Å². The van der Waals surface area contributed by atoms with E-state index in [1.165, 1.54) is 17.4 Å². The Bertz CT molecular complexity index is 773. The first-order valence-electron chi connectivity index (χ1n) is 8.46. The average Bonchev–Trinajstić information content (AvgIpc) is 2.68. The van der Waals surface area contributed by atoms with Crippen LogP contribution in [0.25, 0.3) is 0 Å². The quantitative estimate of drug-likeness (QED) is 0.936. The molecule has 1 saturated heterocycles. The summed E-state index contributed by atoms with van der Waals surface area (Å²) in [7, 11) is 0. The van der Waals surface area contributed by atoms with Crippen molar-refractivity contribution in [3.8, 4) is 6.07 Å². The van der Waals surface area contributed by atoms with Crippen molar-refractivity contribution in [1.29, 1.82) is 5.26 Å². The number of aromatic nitrogens is 1. The fourth-order valence-corrected chi connectivity index (χ4v) is 3.01. The van der Waals surface area contributed by atoms with Crippen molar-refractivity contribution < 1.29 is 4.79 Å². The minimum Gasteiger partial charge on any atom is -0.368 e. The molecular formula is C19H21N5O. The lowest BCUT2D eigenvalue weighted by Gasteiger charge is -2.37. The molecule has 0 spiro atoms. The van der Waals surface area contributed by atoms with Crippen LogP contribution in [0.15, 0.2) is 42.6 Å². The van der Waals surface area contributed by atoms with E-state index in [9.17, 15) is 4.79 Å². The number of pyridine rings is 1. The van der Waals surface area contributed by atoms with Crippen LogP contribution in [0, 0.1) is 11.3 Å². The van der Waals surface area contributed by atoms with Gasteiger partial charge >= 0.3 is 6.03 Å². The van der Waals surface area contributed by atoms with Crippen LogP contribution in [0.4, 0.5) is 16.2 Å². The SMILES string of the molecule is CCc1ccccc1N1CCN(C(=O)Nc2ccc(C#N)nc2)CC1. The molecule has 1 N–H and O–H groups in total. The van der Waals surface area contributed by atoms with E-state index in [1.807, 2.05) is 11.0 Å². The Morgan fingerprint density at radius 2 is 1.96 bits per heavy atom. The number of nitrogens with one attached hydrogen (secondary N) is 1. The largest absolute Gasteiger partial charge is 0.368 e. The fourth-order valence-electron chi connectivity index (χ4n) is 3.01. The maximum Gasteiger partial charge on any atom is 0.322 e. The molecule has 3 rings (SSSR count). The monoisotopic (exact) mass is 335 g/mol. The number of aryl methyl sites for hydroxylation is 1. The molecule has 2 amide bonds. The zero-order valence-corrected chi connectivity index (χ0v) is 14.3. The van der Waals surface area contributed by atoms with Crippen molar-refractivity contribution in [3.63, 3.8) is 0 Å². The minimum absolute atomic E-state index is 0.130. The lowest BCUT2D eigenvalue weighted by atomic mass is 10.1. The number of anilines is 2. The maximum absolute atomic E-state index is 12.4. The molecule has 1 aromatic heterocycles. The number of benzene rings is 1. The highest BCUT2D eigenvalue weighted by Crippen LogP contribution is 2.22. The predicted octanol–water partition coefficient (Wildman–Crippen LogP) is 2.87. The zero-order chi connectivity index (χ0) is 17.6. The van der Waals surface area contributed by atoms with Gasteiger partial charge in [-0.3, -0.25) is 0 Å². The molecule has 2 heterocycles. The predicted molar refractivity (Wildman–Crippen MR) is 97.6 cm³/mol. The van der Waals surface area contributed by atoms with Crippen LogP contribution in [0.1, 0.15) is 18.2 Å². The Hall–Kier alpha value is -3.07. The number of para-hydroxylation sites is 1. The Balaban J connectivity index is 1.58. The van der Waals surface area contributed by atoms with E-state index < -0.39 is 0 Å². The molecule has 1 fully saturated rings.